The van der Waals surface area contributed by atoms with Gasteiger partial charge in [-0.05, 0) is 5.56 Å². The number of hydrogen-bond acceptors (Lipinski definition) is 3. The van der Waals surface area contributed by atoms with Crippen LogP contribution in [0.15, 0.2) is 30.3 Å². The first-order valence-electron chi connectivity index (χ1n) is 5.84. The molecule has 0 radical (unpaired) electrons. The third kappa shape index (κ3) is 1.98. The quantitative estimate of drug-likeness (QED) is 0.748. The summed E-state index contributed by atoms with van der Waals surface area (Å²) in [5, 5.41) is 0. The number of benzene rings is 1. The molecular weight excluding hydrogens is 202 g/mol. The van der Waals surface area contributed by atoms with Crippen LogP contribution in [0.2, 0.25) is 0 Å². The summed E-state index contributed by atoms with van der Waals surface area (Å²) in [4.78, 5) is 2.46. The fourth-order valence-electron chi connectivity index (χ4n) is 2.40. The smallest absolute Gasteiger partial charge is 0.127 e. The van der Waals surface area contributed by atoms with E-state index >= 15 is 0 Å². The molecule has 0 N–H and O–H groups in total. The lowest BCUT2D eigenvalue weighted by atomic mass is 9.99. The van der Waals surface area contributed by atoms with E-state index < -0.39 is 0 Å². The van der Waals surface area contributed by atoms with E-state index in [0.29, 0.717) is 0 Å². The van der Waals surface area contributed by atoms with Crippen LogP contribution >= 0.6 is 0 Å². The van der Waals surface area contributed by atoms with E-state index in [1.54, 1.807) is 0 Å². The van der Waals surface area contributed by atoms with Crippen LogP contribution in [0.4, 0.5) is 0 Å². The van der Waals surface area contributed by atoms with Crippen molar-refractivity contribution in [3.63, 3.8) is 0 Å². The highest BCUT2D eigenvalue weighted by molar-refractivity contribution is 5.14. The van der Waals surface area contributed by atoms with Crippen molar-refractivity contribution in [3.8, 4) is 0 Å². The lowest BCUT2D eigenvalue weighted by molar-refractivity contribution is -0.238. The average molecular weight is 219 g/mol. The Morgan fingerprint density at radius 1 is 1.19 bits per heavy atom. The first-order chi connectivity index (χ1) is 7.86. The van der Waals surface area contributed by atoms with Gasteiger partial charge in [-0.25, -0.2) is 0 Å². The van der Waals surface area contributed by atoms with Gasteiger partial charge in [0.05, 0.1) is 19.8 Å². The number of morpholine rings is 1. The molecule has 3 nitrogen and oxygen atoms in total. The van der Waals surface area contributed by atoms with Gasteiger partial charge in [-0.2, -0.15) is 0 Å². The van der Waals surface area contributed by atoms with Crippen molar-refractivity contribution in [2.75, 3.05) is 32.9 Å². The molecule has 0 aliphatic carbocycles. The average Bonchev–Trinajstić information content (AvgIpc) is 2.29. The zero-order valence-electron chi connectivity index (χ0n) is 9.39. The van der Waals surface area contributed by atoms with Crippen molar-refractivity contribution >= 4 is 0 Å². The number of nitrogens with zero attached hydrogens (tertiary/aromatic N) is 1. The highest BCUT2D eigenvalue weighted by atomic mass is 16.6. The second-order valence-electron chi connectivity index (χ2n) is 4.72. The minimum Gasteiger partial charge on any atom is -0.375 e. The predicted molar refractivity (Wildman–Crippen MR) is 61.2 cm³/mol. The van der Waals surface area contributed by atoms with E-state index in [2.05, 4.69) is 35.2 Å². The molecule has 2 aliphatic heterocycles. The van der Waals surface area contributed by atoms with Crippen LogP contribution in [0.25, 0.3) is 0 Å². The molecule has 0 atom stereocenters. The predicted octanol–water partition coefficient (Wildman–Crippen LogP) is 1.29. The van der Waals surface area contributed by atoms with Crippen molar-refractivity contribution in [3.05, 3.63) is 35.9 Å². The molecule has 86 valence electrons. The van der Waals surface area contributed by atoms with Gasteiger partial charge in [-0.3, -0.25) is 4.90 Å². The lowest BCUT2D eigenvalue weighted by Crippen LogP contribution is -2.62. The van der Waals surface area contributed by atoms with Gasteiger partial charge < -0.3 is 9.47 Å². The van der Waals surface area contributed by atoms with E-state index in [4.69, 9.17) is 9.47 Å². The van der Waals surface area contributed by atoms with Crippen molar-refractivity contribution in [2.24, 2.45) is 0 Å². The summed E-state index contributed by atoms with van der Waals surface area (Å²) in [5.41, 5.74) is 1.38. The molecule has 0 unspecified atom stereocenters. The second-order valence-corrected chi connectivity index (χ2v) is 4.72. The number of rotatable bonds is 2. The van der Waals surface area contributed by atoms with Crippen LogP contribution in [0.5, 0.6) is 0 Å². The fourth-order valence-corrected chi connectivity index (χ4v) is 2.40. The molecule has 16 heavy (non-hydrogen) atoms. The number of ether oxygens (including phenoxy) is 2. The molecule has 2 saturated heterocycles. The fraction of sp³-hybridized carbons (Fsp3) is 0.538. The summed E-state index contributed by atoms with van der Waals surface area (Å²) in [6.45, 7) is 5.40. The molecular formula is C13H17NO2. The SMILES string of the molecule is c1ccc(CN2CCOC3(COC3)C2)cc1. The van der Waals surface area contributed by atoms with Gasteiger partial charge >= 0.3 is 0 Å². The van der Waals surface area contributed by atoms with E-state index in [0.717, 1.165) is 39.5 Å². The first kappa shape index (κ1) is 10.3. The van der Waals surface area contributed by atoms with E-state index in [1.165, 1.54) is 5.56 Å². The van der Waals surface area contributed by atoms with Gasteiger partial charge in [0, 0.05) is 19.6 Å². The molecule has 0 bridgehead atoms. The third-order valence-electron chi connectivity index (χ3n) is 3.31. The van der Waals surface area contributed by atoms with Crippen LogP contribution in [0.1, 0.15) is 5.56 Å². The van der Waals surface area contributed by atoms with E-state index in [1.807, 2.05) is 0 Å². The molecule has 0 saturated carbocycles. The highest BCUT2D eigenvalue weighted by Crippen LogP contribution is 2.26. The molecule has 2 fully saturated rings. The molecule has 1 aromatic carbocycles. The van der Waals surface area contributed by atoms with E-state index in [9.17, 15) is 0 Å². The van der Waals surface area contributed by atoms with Gasteiger partial charge in [-0.15, -0.1) is 0 Å². The molecule has 0 amide bonds. The zero-order chi connectivity index (χ0) is 10.8. The standard InChI is InChI=1S/C13H17NO2/c1-2-4-12(5-3-1)8-14-6-7-16-13(9-14)10-15-11-13/h1-5H,6-11H2. The van der Waals surface area contributed by atoms with E-state index in [-0.39, 0.29) is 5.60 Å². The normalized spacial score (nSPS) is 24.2. The molecule has 3 rings (SSSR count). The maximum absolute atomic E-state index is 5.80. The van der Waals surface area contributed by atoms with Gasteiger partial charge in [0.25, 0.3) is 0 Å². The Morgan fingerprint density at radius 3 is 2.69 bits per heavy atom. The van der Waals surface area contributed by atoms with Crippen LogP contribution in [0, 0.1) is 0 Å². The van der Waals surface area contributed by atoms with Gasteiger partial charge in [0.2, 0.25) is 0 Å². The Kier molecular flexibility index (Phi) is 2.67. The minimum atomic E-state index is 0.00697. The molecule has 2 aliphatic rings. The molecule has 0 aromatic heterocycles. The van der Waals surface area contributed by atoms with Crippen molar-refractivity contribution in [1.29, 1.82) is 0 Å². The second kappa shape index (κ2) is 4.17. The largest absolute Gasteiger partial charge is 0.375 e. The number of hydrogen-bond donors (Lipinski definition) is 0. The molecule has 3 heteroatoms. The molecule has 1 spiro atoms. The monoisotopic (exact) mass is 219 g/mol. The van der Waals surface area contributed by atoms with Gasteiger partial charge in [0.15, 0.2) is 0 Å². The minimum absolute atomic E-state index is 0.00697. The third-order valence-corrected chi connectivity index (χ3v) is 3.31. The van der Waals surface area contributed by atoms with Crippen LogP contribution in [-0.2, 0) is 16.0 Å². The van der Waals surface area contributed by atoms with Gasteiger partial charge in [-0.1, -0.05) is 30.3 Å². The zero-order valence-corrected chi connectivity index (χ0v) is 9.39. The summed E-state index contributed by atoms with van der Waals surface area (Å²) in [7, 11) is 0. The maximum Gasteiger partial charge on any atom is 0.127 e. The first-order valence-corrected chi connectivity index (χ1v) is 5.84. The topological polar surface area (TPSA) is 21.7 Å². The Balaban J connectivity index is 1.63. The van der Waals surface area contributed by atoms with Crippen molar-refractivity contribution in [2.45, 2.75) is 12.1 Å². The van der Waals surface area contributed by atoms with Crippen LogP contribution in [0.3, 0.4) is 0 Å². The Labute approximate surface area is 96.0 Å². The molecule has 2 heterocycles. The summed E-state index contributed by atoms with van der Waals surface area (Å²) in [5.74, 6) is 0. The lowest BCUT2D eigenvalue weighted by Gasteiger charge is -2.47. The van der Waals surface area contributed by atoms with Crippen LogP contribution in [-0.4, -0.2) is 43.4 Å². The Bertz CT molecular complexity index is 348. The highest BCUT2D eigenvalue weighted by Gasteiger charge is 2.43. The summed E-state index contributed by atoms with van der Waals surface area (Å²) in [6, 6.07) is 10.6. The summed E-state index contributed by atoms with van der Waals surface area (Å²) >= 11 is 0. The maximum atomic E-state index is 5.80. The summed E-state index contributed by atoms with van der Waals surface area (Å²) < 4.78 is 11.1. The van der Waals surface area contributed by atoms with Crippen molar-refractivity contribution < 1.29 is 9.47 Å². The molecule has 1 aromatic rings. The Morgan fingerprint density at radius 2 is 2.00 bits per heavy atom. The summed E-state index contributed by atoms with van der Waals surface area (Å²) in [6.07, 6.45) is 0. The van der Waals surface area contributed by atoms with Crippen LogP contribution < -0.4 is 0 Å². The van der Waals surface area contributed by atoms with Gasteiger partial charge in [0.1, 0.15) is 5.60 Å². The van der Waals surface area contributed by atoms with Crippen molar-refractivity contribution in [1.82, 2.24) is 4.90 Å². The Hall–Kier alpha value is -0.900.